The molecule has 0 radical (unpaired) electrons. The predicted octanol–water partition coefficient (Wildman–Crippen LogP) is 3.66. The molecule has 4 heteroatoms. The summed E-state index contributed by atoms with van der Waals surface area (Å²) in [5.41, 5.74) is 1.14. The highest BCUT2D eigenvalue weighted by molar-refractivity contribution is 7.99. The zero-order valence-corrected chi connectivity index (χ0v) is 12.5. The molecule has 2 N–H and O–H groups in total. The molecule has 1 saturated carbocycles. The standard InChI is InChI=1S/C16H22N2OS/c17-12-13-3-1-4-15(11-13)18-14-5-7-16(8-6-14)20-10-2-9-19/h5-8,13,15,18-19H,1-4,9-11H2/t13-,15+/m0/s1. The lowest BCUT2D eigenvalue weighted by molar-refractivity contribution is 0.296. The van der Waals surface area contributed by atoms with Crippen molar-refractivity contribution in [2.75, 3.05) is 17.7 Å². The maximum Gasteiger partial charge on any atom is 0.0656 e. The van der Waals surface area contributed by atoms with Crippen LogP contribution >= 0.6 is 11.8 Å². The zero-order chi connectivity index (χ0) is 14.2. The number of aliphatic hydroxyl groups is 1. The Morgan fingerprint density at radius 1 is 1.30 bits per heavy atom. The van der Waals surface area contributed by atoms with Gasteiger partial charge in [-0.15, -0.1) is 11.8 Å². The van der Waals surface area contributed by atoms with Gasteiger partial charge in [0.25, 0.3) is 0 Å². The van der Waals surface area contributed by atoms with Crippen LogP contribution in [0.25, 0.3) is 0 Å². The van der Waals surface area contributed by atoms with E-state index >= 15 is 0 Å². The summed E-state index contributed by atoms with van der Waals surface area (Å²) in [6, 6.07) is 11.3. The third kappa shape index (κ3) is 4.73. The Hall–Kier alpha value is -1.18. The first-order valence-corrected chi connectivity index (χ1v) is 8.30. The van der Waals surface area contributed by atoms with E-state index in [-0.39, 0.29) is 12.5 Å². The molecule has 0 aromatic heterocycles. The second kappa shape index (κ2) is 8.18. The molecule has 0 amide bonds. The molecule has 1 fully saturated rings. The summed E-state index contributed by atoms with van der Waals surface area (Å²) >= 11 is 1.77. The van der Waals surface area contributed by atoms with E-state index in [4.69, 9.17) is 10.4 Å². The Balaban J connectivity index is 1.82. The topological polar surface area (TPSA) is 56.0 Å². The molecule has 1 aromatic carbocycles. The lowest BCUT2D eigenvalue weighted by Crippen LogP contribution is -2.26. The molecule has 0 spiro atoms. The van der Waals surface area contributed by atoms with Crippen molar-refractivity contribution in [3.63, 3.8) is 0 Å². The van der Waals surface area contributed by atoms with Gasteiger partial charge in [0.05, 0.1) is 6.07 Å². The molecule has 1 aliphatic rings. The van der Waals surface area contributed by atoms with Gasteiger partial charge in [-0.05, 0) is 49.9 Å². The molecule has 0 aliphatic heterocycles. The molecule has 2 atom stereocenters. The van der Waals surface area contributed by atoms with E-state index in [1.54, 1.807) is 11.8 Å². The van der Waals surface area contributed by atoms with Crippen LogP contribution in [-0.4, -0.2) is 23.5 Å². The summed E-state index contributed by atoms with van der Waals surface area (Å²) in [5.74, 6) is 1.17. The highest BCUT2D eigenvalue weighted by atomic mass is 32.2. The van der Waals surface area contributed by atoms with Gasteiger partial charge in [0, 0.05) is 34.9 Å². The maximum absolute atomic E-state index is 9.02. The van der Waals surface area contributed by atoms with Gasteiger partial charge in [0.2, 0.25) is 0 Å². The van der Waals surface area contributed by atoms with Gasteiger partial charge in [0.1, 0.15) is 0 Å². The van der Waals surface area contributed by atoms with E-state index in [9.17, 15) is 0 Å². The van der Waals surface area contributed by atoms with Gasteiger partial charge in [-0.2, -0.15) is 5.26 Å². The Kier molecular flexibility index (Phi) is 6.23. The predicted molar refractivity (Wildman–Crippen MR) is 83.9 cm³/mol. The quantitative estimate of drug-likeness (QED) is 0.620. The molecule has 0 unspecified atom stereocenters. The minimum Gasteiger partial charge on any atom is -0.396 e. The van der Waals surface area contributed by atoms with Gasteiger partial charge in [-0.25, -0.2) is 0 Å². The number of benzene rings is 1. The molecular weight excluding hydrogens is 268 g/mol. The number of anilines is 1. The van der Waals surface area contributed by atoms with Gasteiger partial charge in [-0.1, -0.05) is 6.42 Å². The Morgan fingerprint density at radius 3 is 2.80 bits per heavy atom. The molecule has 1 aliphatic carbocycles. The number of nitrogens with one attached hydrogen (secondary N) is 1. The van der Waals surface area contributed by atoms with Crippen LogP contribution in [0, 0.1) is 17.2 Å². The summed E-state index contributed by atoms with van der Waals surface area (Å²) in [6.45, 7) is 0.258. The van der Waals surface area contributed by atoms with Crippen molar-refractivity contribution in [3.8, 4) is 6.07 Å². The first kappa shape index (κ1) is 15.2. The Labute approximate surface area is 125 Å². The van der Waals surface area contributed by atoms with Crippen LogP contribution in [-0.2, 0) is 0 Å². The number of hydrogen-bond donors (Lipinski definition) is 2. The number of hydrogen-bond acceptors (Lipinski definition) is 4. The summed E-state index contributed by atoms with van der Waals surface area (Å²) in [7, 11) is 0. The minimum absolute atomic E-state index is 0.217. The largest absolute Gasteiger partial charge is 0.396 e. The second-order valence-electron chi connectivity index (χ2n) is 5.28. The summed E-state index contributed by atoms with van der Waals surface area (Å²) in [5, 5.41) is 21.3. The fourth-order valence-electron chi connectivity index (χ4n) is 2.58. The highest BCUT2D eigenvalue weighted by Crippen LogP contribution is 2.27. The zero-order valence-electron chi connectivity index (χ0n) is 11.7. The molecule has 2 rings (SSSR count). The Bertz CT molecular complexity index is 441. The number of nitrogens with zero attached hydrogens (tertiary/aromatic N) is 1. The normalized spacial score (nSPS) is 22.2. The second-order valence-corrected chi connectivity index (χ2v) is 6.45. The van der Waals surface area contributed by atoms with Gasteiger partial charge < -0.3 is 10.4 Å². The van der Waals surface area contributed by atoms with Crippen molar-refractivity contribution >= 4 is 17.4 Å². The van der Waals surface area contributed by atoms with Crippen molar-refractivity contribution in [3.05, 3.63) is 24.3 Å². The van der Waals surface area contributed by atoms with Gasteiger partial charge >= 0.3 is 0 Å². The van der Waals surface area contributed by atoms with Crippen LogP contribution in [0.2, 0.25) is 0 Å². The van der Waals surface area contributed by atoms with Crippen molar-refractivity contribution in [2.24, 2.45) is 5.92 Å². The van der Waals surface area contributed by atoms with Crippen LogP contribution in [0.1, 0.15) is 32.1 Å². The number of thioether (sulfide) groups is 1. The molecule has 1 aromatic rings. The van der Waals surface area contributed by atoms with Crippen molar-refractivity contribution in [1.29, 1.82) is 5.26 Å². The first-order chi connectivity index (χ1) is 9.81. The summed E-state index contributed by atoms with van der Waals surface area (Å²) in [6.07, 6.45) is 5.15. The van der Waals surface area contributed by atoms with Crippen LogP contribution in [0.15, 0.2) is 29.2 Å². The lowest BCUT2D eigenvalue weighted by Gasteiger charge is -2.27. The van der Waals surface area contributed by atoms with Crippen LogP contribution < -0.4 is 5.32 Å². The average molecular weight is 290 g/mol. The van der Waals surface area contributed by atoms with E-state index in [1.807, 2.05) is 0 Å². The number of rotatable bonds is 6. The number of aliphatic hydroxyl groups excluding tert-OH is 1. The molecule has 20 heavy (non-hydrogen) atoms. The molecule has 0 bridgehead atoms. The monoisotopic (exact) mass is 290 g/mol. The fraction of sp³-hybridized carbons (Fsp3) is 0.562. The van der Waals surface area contributed by atoms with E-state index in [1.165, 1.54) is 4.90 Å². The SMILES string of the molecule is N#C[C@H]1CCC[C@@H](Nc2ccc(SCCCO)cc2)C1. The van der Waals surface area contributed by atoms with Crippen molar-refractivity contribution in [1.82, 2.24) is 0 Å². The average Bonchev–Trinajstić information content (AvgIpc) is 2.49. The molecule has 108 valence electrons. The van der Waals surface area contributed by atoms with E-state index in [0.29, 0.717) is 6.04 Å². The summed E-state index contributed by atoms with van der Waals surface area (Å²) in [4.78, 5) is 1.24. The van der Waals surface area contributed by atoms with Crippen molar-refractivity contribution < 1.29 is 5.11 Å². The molecular formula is C16H22N2OS. The van der Waals surface area contributed by atoms with E-state index in [2.05, 4.69) is 35.7 Å². The molecule has 0 saturated heterocycles. The minimum atomic E-state index is 0.217. The smallest absolute Gasteiger partial charge is 0.0656 e. The number of nitriles is 1. The van der Waals surface area contributed by atoms with Crippen LogP contribution in [0.5, 0.6) is 0 Å². The highest BCUT2D eigenvalue weighted by Gasteiger charge is 2.21. The lowest BCUT2D eigenvalue weighted by atomic mass is 9.86. The summed E-state index contributed by atoms with van der Waals surface area (Å²) < 4.78 is 0. The third-order valence-corrected chi connectivity index (χ3v) is 4.75. The third-order valence-electron chi connectivity index (χ3n) is 3.65. The fourth-order valence-corrected chi connectivity index (χ4v) is 3.41. The van der Waals surface area contributed by atoms with Crippen LogP contribution in [0.4, 0.5) is 5.69 Å². The van der Waals surface area contributed by atoms with E-state index in [0.717, 1.165) is 43.5 Å². The van der Waals surface area contributed by atoms with Crippen molar-refractivity contribution in [2.45, 2.75) is 43.0 Å². The van der Waals surface area contributed by atoms with Gasteiger partial charge in [-0.3, -0.25) is 0 Å². The van der Waals surface area contributed by atoms with Gasteiger partial charge in [0.15, 0.2) is 0 Å². The first-order valence-electron chi connectivity index (χ1n) is 7.31. The van der Waals surface area contributed by atoms with E-state index < -0.39 is 0 Å². The Morgan fingerprint density at radius 2 is 2.10 bits per heavy atom. The molecule has 3 nitrogen and oxygen atoms in total. The maximum atomic E-state index is 9.02. The molecule has 0 heterocycles. The van der Waals surface area contributed by atoms with Crippen LogP contribution in [0.3, 0.4) is 0 Å².